The topological polar surface area (TPSA) is 56.9 Å². The first-order valence-corrected chi connectivity index (χ1v) is 8.81. The number of anilines is 1. The minimum atomic E-state index is 0. The molecule has 134 valence electrons. The normalized spacial score (nSPS) is 19.0. The Bertz CT molecular complexity index is 536. The molecule has 6 heteroatoms. The van der Waals surface area contributed by atoms with Crippen LogP contribution in [0.1, 0.15) is 24.8 Å². The first-order valence-electron chi connectivity index (χ1n) is 8.81. The van der Waals surface area contributed by atoms with Crippen LogP contribution >= 0.6 is 24.0 Å². The van der Waals surface area contributed by atoms with Crippen molar-refractivity contribution in [1.82, 2.24) is 10.2 Å². The fraction of sp³-hybridized carbons (Fsp3) is 0.611. The minimum absolute atomic E-state index is 0. The molecule has 1 aromatic carbocycles. The number of nitrogens with two attached hydrogens (primary N) is 1. The van der Waals surface area contributed by atoms with Crippen molar-refractivity contribution >= 4 is 35.6 Å². The van der Waals surface area contributed by atoms with Crippen molar-refractivity contribution < 1.29 is 0 Å². The summed E-state index contributed by atoms with van der Waals surface area (Å²) in [6, 6.07) is 9.39. The van der Waals surface area contributed by atoms with Gasteiger partial charge in [-0.05, 0) is 43.9 Å². The van der Waals surface area contributed by atoms with Gasteiger partial charge < -0.3 is 16.0 Å². The van der Waals surface area contributed by atoms with Gasteiger partial charge in [0, 0.05) is 51.0 Å². The maximum Gasteiger partial charge on any atom is 0.188 e. The van der Waals surface area contributed by atoms with Crippen LogP contribution in [0.5, 0.6) is 0 Å². The van der Waals surface area contributed by atoms with Gasteiger partial charge in [0.1, 0.15) is 0 Å². The Hall–Kier alpha value is -1.02. The fourth-order valence-electron chi connectivity index (χ4n) is 3.03. The first-order chi connectivity index (χ1) is 11.2. The van der Waals surface area contributed by atoms with E-state index in [0.29, 0.717) is 12.0 Å². The van der Waals surface area contributed by atoms with E-state index in [9.17, 15) is 0 Å². The highest BCUT2D eigenvalue weighted by atomic mass is 127. The monoisotopic (exact) mass is 443 g/mol. The summed E-state index contributed by atoms with van der Waals surface area (Å²) in [4.78, 5) is 9.43. The van der Waals surface area contributed by atoms with Crippen LogP contribution in [0.15, 0.2) is 29.3 Å². The van der Waals surface area contributed by atoms with Gasteiger partial charge in [0.25, 0.3) is 0 Å². The van der Waals surface area contributed by atoms with Crippen LogP contribution < -0.4 is 16.0 Å². The summed E-state index contributed by atoms with van der Waals surface area (Å²) >= 11 is 0. The molecule has 0 radical (unpaired) electrons. The Morgan fingerprint density at radius 1 is 1.25 bits per heavy atom. The third-order valence-electron chi connectivity index (χ3n) is 4.58. The Kier molecular flexibility index (Phi) is 7.61. The smallest absolute Gasteiger partial charge is 0.188 e. The predicted octanol–water partition coefficient (Wildman–Crippen LogP) is 2.19. The molecule has 5 nitrogen and oxygen atoms in total. The van der Waals surface area contributed by atoms with Gasteiger partial charge in [0.05, 0.1) is 0 Å². The summed E-state index contributed by atoms with van der Waals surface area (Å²) in [6.07, 6.45) is 3.56. The zero-order valence-corrected chi connectivity index (χ0v) is 16.9. The molecule has 0 unspecified atom stereocenters. The molecule has 0 aromatic heterocycles. The number of hydrogen-bond donors (Lipinski definition) is 2. The number of aryl methyl sites for hydroxylation is 1. The molecule has 1 aromatic rings. The maximum atomic E-state index is 5.85. The van der Waals surface area contributed by atoms with E-state index in [0.717, 1.165) is 45.7 Å². The number of nitrogens with zero attached hydrogens (tertiary/aromatic N) is 3. The Morgan fingerprint density at radius 2 is 2.00 bits per heavy atom. The lowest BCUT2D eigenvalue weighted by Gasteiger charge is -2.36. The number of aliphatic imine (C=N–C) groups is 1. The Morgan fingerprint density at radius 3 is 2.67 bits per heavy atom. The molecule has 2 fully saturated rings. The minimum Gasteiger partial charge on any atom is -0.370 e. The third-order valence-corrected chi connectivity index (χ3v) is 4.58. The van der Waals surface area contributed by atoms with Gasteiger partial charge in [0.2, 0.25) is 0 Å². The van der Waals surface area contributed by atoms with Gasteiger partial charge >= 0.3 is 0 Å². The predicted molar refractivity (Wildman–Crippen MR) is 113 cm³/mol. The Balaban J connectivity index is 0.00000208. The average Bonchev–Trinajstić information content (AvgIpc) is 3.36. The highest BCUT2D eigenvalue weighted by Crippen LogP contribution is 2.18. The van der Waals surface area contributed by atoms with Gasteiger partial charge in [-0.1, -0.05) is 12.1 Å². The molecule has 1 saturated heterocycles. The summed E-state index contributed by atoms with van der Waals surface area (Å²) in [5.41, 5.74) is 8.54. The highest BCUT2D eigenvalue weighted by molar-refractivity contribution is 14.0. The molecular weight excluding hydrogens is 413 g/mol. The number of nitrogens with one attached hydrogen (secondary N) is 1. The molecule has 2 aliphatic rings. The molecule has 3 rings (SSSR count). The van der Waals surface area contributed by atoms with Crippen molar-refractivity contribution in [2.24, 2.45) is 10.7 Å². The molecule has 0 amide bonds. The van der Waals surface area contributed by atoms with Crippen LogP contribution in [0, 0.1) is 6.92 Å². The molecule has 0 bridgehead atoms. The highest BCUT2D eigenvalue weighted by Gasteiger charge is 2.21. The number of rotatable bonds is 6. The third kappa shape index (κ3) is 6.12. The molecule has 1 aliphatic carbocycles. The van der Waals surface area contributed by atoms with Crippen LogP contribution in [0.2, 0.25) is 0 Å². The van der Waals surface area contributed by atoms with E-state index in [1.165, 1.54) is 24.1 Å². The quantitative estimate of drug-likeness (QED) is 0.306. The van der Waals surface area contributed by atoms with Gasteiger partial charge in [-0.3, -0.25) is 9.89 Å². The molecule has 24 heavy (non-hydrogen) atoms. The molecule has 1 heterocycles. The summed E-state index contributed by atoms with van der Waals surface area (Å²) in [5, 5.41) is 3.23. The van der Waals surface area contributed by atoms with Crippen LogP contribution in [0.4, 0.5) is 5.69 Å². The summed E-state index contributed by atoms with van der Waals surface area (Å²) in [7, 11) is 0. The molecular formula is C18H30IN5. The SMILES string of the molecule is Cc1cccc(N2CCN(CCCN=C(N)NC3CC3)CC2)c1.I. The second-order valence-corrected chi connectivity index (χ2v) is 6.71. The molecule has 0 spiro atoms. The molecule has 3 N–H and O–H groups in total. The van der Waals surface area contributed by atoms with Crippen molar-refractivity contribution in [2.75, 3.05) is 44.2 Å². The van der Waals surface area contributed by atoms with Gasteiger partial charge in [-0.25, -0.2) is 0 Å². The Labute approximate surface area is 162 Å². The number of halogens is 1. The van der Waals surface area contributed by atoms with E-state index in [4.69, 9.17) is 5.73 Å². The number of piperazine rings is 1. The standard InChI is InChI=1S/C18H29N5.HI/c1-15-4-2-5-17(14-15)23-12-10-22(11-13-23)9-3-8-20-18(19)21-16-6-7-16;/h2,4-5,14,16H,3,6-13H2,1H3,(H3,19,20,21);1H. The van der Waals surface area contributed by atoms with Crippen LogP contribution in [0.3, 0.4) is 0 Å². The van der Waals surface area contributed by atoms with Crippen LogP contribution in [-0.4, -0.2) is 56.2 Å². The number of hydrogen-bond acceptors (Lipinski definition) is 3. The van der Waals surface area contributed by atoms with E-state index < -0.39 is 0 Å². The van der Waals surface area contributed by atoms with E-state index >= 15 is 0 Å². The van der Waals surface area contributed by atoms with Crippen LogP contribution in [-0.2, 0) is 0 Å². The van der Waals surface area contributed by atoms with Gasteiger partial charge in [-0.15, -0.1) is 24.0 Å². The molecule has 1 aliphatic heterocycles. The van der Waals surface area contributed by atoms with Crippen molar-refractivity contribution in [1.29, 1.82) is 0 Å². The fourth-order valence-corrected chi connectivity index (χ4v) is 3.03. The zero-order valence-electron chi connectivity index (χ0n) is 14.6. The zero-order chi connectivity index (χ0) is 16.1. The maximum absolute atomic E-state index is 5.85. The second-order valence-electron chi connectivity index (χ2n) is 6.71. The second kappa shape index (κ2) is 9.46. The average molecular weight is 443 g/mol. The van der Waals surface area contributed by atoms with E-state index in [-0.39, 0.29) is 24.0 Å². The largest absolute Gasteiger partial charge is 0.370 e. The van der Waals surface area contributed by atoms with Crippen molar-refractivity contribution in [2.45, 2.75) is 32.2 Å². The van der Waals surface area contributed by atoms with Gasteiger partial charge in [-0.2, -0.15) is 0 Å². The number of guanidine groups is 1. The van der Waals surface area contributed by atoms with E-state index in [1.54, 1.807) is 0 Å². The number of benzene rings is 1. The first kappa shape index (κ1) is 19.3. The van der Waals surface area contributed by atoms with Crippen molar-refractivity contribution in [3.63, 3.8) is 0 Å². The lowest BCUT2D eigenvalue weighted by molar-refractivity contribution is 0.256. The van der Waals surface area contributed by atoms with Gasteiger partial charge in [0.15, 0.2) is 5.96 Å². The molecule has 0 atom stereocenters. The summed E-state index contributed by atoms with van der Waals surface area (Å²) in [6.45, 7) is 8.58. The summed E-state index contributed by atoms with van der Waals surface area (Å²) in [5.74, 6) is 0.622. The molecule has 1 saturated carbocycles. The lowest BCUT2D eigenvalue weighted by Crippen LogP contribution is -2.46. The van der Waals surface area contributed by atoms with E-state index in [2.05, 4.69) is 51.3 Å². The van der Waals surface area contributed by atoms with E-state index in [1.807, 2.05) is 0 Å². The van der Waals surface area contributed by atoms with Crippen molar-refractivity contribution in [3.05, 3.63) is 29.8 Å². The summed E-state index contributed by atoms with van der Waals surface area (Å²) < 4.78 is 0. The lowest BCUT2D eigenvalue weighted by atomic mass is 10.2. The van der Waals surface area contributed by atoms with Crippen molar-refractivity contribution in [3.8, 4) is 0 Å². The van der Waals surface area contributed by atoms with Crippen LogP contribution in [0.25, 0.3) is 0 Å².